The minimum Gasteiger partial charge on any atom is -0.366 e. The zero-order chi connectivity index (χ0) is 7.40. The van der Waals surface area contributed by atoms with Crippen LogP contribution >= 0.6 is 0 Å². The number of allylic oxidation sites excluding steroid dienone is 3. The van der Waals surface area contributed by atoms with E-state index in [1.54, 1.807) is 12.3 Å². The van der Waals surface area contributed by atoms with Crippen LogP contribution in [0.4, 0.5) is 0 Å². The van der Waals surface area contributed by atoms with Crippen molar-refractivity contribution in [1.29, 1.82) is 0 Å². The summed E-state index contributed by atoms with van der Waals surface area (Å²) in [6.45, 7) is 0. The molecule has 1 heterocycles. The third kappa shape index (κ3) is 1.78. The summed E-state index contributed by atoms with van der Waals surface area (Å²) < 4.78 is 0. The molecule has 0 spiro atoms. The van der Waals surface area contributed by atoms with Gasteiger partial charge in [-0.3, -0.25) is 4.79 Å². The van der Waals surface area contributed by atoms with Crippen molar-refractivity contribution < 1.29 is 4.79 Å². The molecule has 0 saturated heterocycles. The van der Waals surface area contributed by atoms with Crippen LogP contribution in [0.3, 0.4) is 0 Å². The van der Waals surface area contributed by atoms with Crippen molar-refractivity contribution in [3.05, 3.63) is 36.2 Å². The van der Waals surface area contributed by atoms with Gasteiger partial charge in [0.1, 0.15) is 0 Å². The third-order valence-corrected chi connectivity index (χ3v) is 1.03. The molecule has 3 nitrogen and oxygen atoms in total. The normalized spacial score (nSPS) is 19.0. The van der Waals surface area contributed by atoms with Crippen LogP contribution in [-0.2, 0) is 4.79 Å². The minimum atomic E-state index is -0.442. The fraction of sp³-hybridized carbons (Fsp3) is 0. The van der Waals surface area contributed by atoms with E-state index in [0.29, 0.717) is 0 Å². The van der Waals surface area contributed by atoms with Gasteiger partial charge in [-0.25, -0.2) is 0 Å². The molecule has 0 atom stereocenters. The molecule has 1 amide bonds. The maximum Gasteiger partial charge on any atom is 0.243 e. The molecule has 0 saturated carbocycles. The topological polar surface area (TPSA) is 55.1 Å². The lowest BCUT2D eigenvalue weighted by atomic mass is 10.3. The Hall–Kier alpha value is -1.51. The molecular weight excluding hydrogens is 128 g/mol. The number of nitrogens with one attached hydrogen (secondary N) is 1. The van der Waals surface area contributed by atoms with Gasteiger partial charge in [-0.15, -0.1) is 0 Å². The molecular formula is C7H8N2O. The Morgan fingerprint density at radius 3 is 2.90 bits per heavy atom. The van der Waals surface area contributed by atoms with Crippen molar-refractivity contribution in [2.24, 2.45) is 5.73 Å². The Labute approximate surface area is 58.9 Å². The number of hydrogen-bond acceptors (Lipinski definition) is 2. The number of dihydropyridines is 1. The van der Waals surface area contributed by atoms with Crippen LogP contribution in [0, 0.1) is 0 Å². The highest BCUT2D eigenvalue weighted by Gasteiger charge is 1.92. The van der Waals surface area contributed by atoms with Crippen molar-refractivity contribution in [3.8, 4) is 0 Å². The maximum absolute atomic E-state index is 10.3. The second-order valence-electron chi connectivity index (χ2n) is 1.86. The van der Waals surface area contributed by atoms with Crippen molar-refractivity contribution in [2.75, 3.05) is 0 Å². The van der Waals surface area contributed by atoms with Gasteiger partial charge < -0.3 is 11.1 Å². The first kappa shape index (κ1) is 6.61. The monoisotopic (exact) mass is 136 g/mol. The van der Waals surface area contributed by atoms with Gasteiger partial charge in [-0.1, -0.05) is 6.08 Å². The van der Waals surface area contributed by atoms with Crippen LogP contribution in [-0.4, -0.2) is 5.91 Å². The lowest BCUT2D eigenvalue weighted by Gasteiger charge is -2.02. The first-order valence-electron chi connectivity index (χ1n) is 2.90. The van der Waals surface area contributed by atoms with E-state index < -0.39 is 5.91 Å². The fourth-order valence-corrected chi connectivity index (χ4v) is 0.650. The first-order valence-corrected chi connectivity index (χ1v) is 2.90. The van der Waals surface area contributed by atoms with Gasteiger partial charge in [0.15, 0.2) is 0 Å². The molecule has 52 valence electrons. The number of carbonyl (C=O) groups excluding carboxylic acids is 1. The summed E-state index contributed by atoms with van der Waals surface area (Å²) >= 11 is 0. The average molecular weight is 136 g/mol. The SMILES string of the molecule is NC(=O)C=C1C=CC=CN1. The predicted molar refractivity (Wildman–Crippen MR) is 38.7 cm³/mol. The van der Waals surface area contributed by atoms with E-state index in [1.165, 1.54) is 6.08 Å². The Morgan fingerprint density at radius 1 is 1.60 bits per heavy atom. The van der Waals surface area contributed by atoms with Crippen LogP contribution in [0.5, 0.6) is 0 Å². The Kier molecular flexibility index (Phi) is 1.89. The molecule has 1 aliphatic rings. The number of nitrogens with two attached hydrogens (primary N) is 1. The molecule has 0 aromatic rings. The highest BCUT2D eigenvalue weighted by atomic mass is 16.1. The number of amides is 1. The minimum absolute atomic E-state index is 0.442. The second kappa shape index (κ2) is 2.87. The molecule has 3 N–H and O–H groups in total. The predicted octanol–water partition coefficient (Wildman–Crippen LogP) is 0.0287. The molecule has 10 heavy (non-hydrogen) atoms. The van der Waals surface area contributed by atoms with E-state index in [4.69, 9.17) is 5.73 Å². The summed E-state index contributed by atoms with van der Waals surface area (Å²) in [5.74, 6) is -0.442. The lowest BCUT2D eigenvalue weighted by Crippen LogP contribution is -2.12. The molecule has 0 unspecified atom stereocenters. The van der Waals surface area contributed by atoms with Crippen LogP contribution < -0.4 is 11.1 Å². The van der Waals surface area contributed by atoms with E-state index in [1.807, 2.05) is 12.2 Å². The standard InChI is InChI=1S/C7H8N2O/c8-7(10)5-6-3-1-2-4-9-6/h1-5,9H,(H2,8,10). The molecule has 0 fully saturated rings. The molecule has 0 bridgehead atoms. The zero-order valence-corrected chi connectivity index (χ0v) is 5.37. The summed E-state index contributed by atoms with van der Waals surface area (Å²) in [5, 5.41) is 2.84. The van der Waals surface area contributed by atoms with Gasteiger partial charge in [0.25, 0.3) is 0 Å². The summed E-state index contributed by atoms with van der Waals surface area (Å²) in [6.07, 6.45) is 8.49. The lowest BCUT2D eigenvalue weighted by molar-refractivity contribution is -0.113. The second-order valence-corrected chi connectivity index (χ2v) is 1.86. The molecule has 0 aromatic heterocycles. The van der Waals surface area contributed by atoms with Crippen LogP contribution in [0.15, 0.2) is 36.2 Å². The molecule has 3 heteroatoms. The van der Waals surface area contributed by atoms with Crippen LogP contribution in [0.2, 0.25) is 0 Å². The largest absolute Gasteiger partial charge is 0.366 e. The summed E-state index contributed by atoms with van der Waals surface area (Å²) in [4.78, 5) is 10.3. The number of carbonyl (C=O) groups is 1. The van der Waals surface area contributed by atoms with Crippen molar-refractivity contribution in [1.82, 2.24) is 5.32 Å². The smallest absolute Gasteiger partial charge is 0.243 e. The van der Waals surface area contributed by atoms with E-state index in [-0.39, 0.29) is 0 Å². The van der Waals surface area contributed by atoms with Gasteiger partial charge in [-0.2, -0.15) is 0 Å². The Bertz CT molecular complexity index is 226. The third-order valence-electron chi connectivity index (χ3n) is 1.03. The quantitative estimate of drug-likeness (QED) is 0.499. The summed E-state index contributed by atoms with van der Waals surface area (Å²) in [5.41, 5.74) is 5.63. The molecule has 0 aliphatic carbocycles. The first-order chi connectivity index (χ1) is 4.79. The molecule has 1 aliphatic heterocycles. The number of hydrogen-bond donors (Lipinski definition) is 2. The number of primary amides is 1. The molecule has 0 radical (unpaired) electrons. The highest BCUT2D eigenvalue weighted by Crippen LogP contribution is 1.96. The van der Waals surface area contributed by atoms with Crippen molar-refractivity contribution in [3.63, 3.8) is 0 Å². The number of rotatable bonds is 1. The summed E-state index contributed by atoms with van der Waals surface area (Å²) in [7, 11) is 0. The van der Waals surface area contributed by atoms with Crippen molar-refractivity contribution >= 4 is 5.91 Å². The van der Waals surface area contributed by atoms with Gasteiger partial charge in [0, 0.05) is 18.0 Å². The van der Waals surface area contributed by atoms with E-state index in [2.05, 4.69) is 5.32 Å². The van der Waals surface area contributed by atoms with Gasteiger partial charge in [-0.05, 0) is 12.2 Å². The van der Waals surface area contributed by atoms with E-state index in [0.717, 1.165) is 5.70 Å². The Balaban J connectivity index is 2.67. The van der Waals surface area contributed by atoms with E-state index >= 15 is 0 Å². The maximum atomic E-state index is 10.3. The van der Waals surface area contributed by atoms with Crippen LogP contribution in [0.25, 0.3) is 0 Å². The van der Waals surface area contributed by atoms with Gasteiger partial charge >= 0.3 is 0 Å². The highest BCUT2D eigenvalue weighted by molar-refractivity contribution is 5.87. The average Bonchev–Trinajstić information content (AvgIpc) is 1.88. The molecule has 0 aromatic carbocycles. The van der Waals surface area contributed by atoms with Gasteiger partial charge in [0.2, 0.25) is 5.91 Å². The summed E-state index contributed by atoms with van der Waals surface area (Å²) in [6, 6.07) is 0. The van der Waals surface area contributed by atoms with Gasteiger partial charge in [0.05, 0.1) is 0 Å². The van der Waals surface area contributed by atoms with Crippen LogP contribution in [0.1, 0.15) is 0 Å². The molecule has 1 rings (SSSR count). The van der Waals surface area contributed by atoms with Crippen molar-refractivity contribution in [2.45, 2.75) is 0 Å². The Morgan fingerprint density at radius 2 is 2.40 bits per heavy atom. The zero-order valence-electron chi connectivity index (χ0n) is 5.37. The van der Waals surface area contributed by atoms with E-state index in [9.17, 15) is 4.79 Å². The fourth-order valence-electron chi connectivity index (χ4n) is 0.650.